The van der Waals surface area contributed by atoms with Crippen molar-refractivity contribution in [3.63, 3.8) is 0 Å². The third-order valence-electron chi connectivity index (χ3n) is 8.44. The van der Waals surface area contributed by atoms with E-state index >= 15 is 0 Å². The molecule has 2 unspecified atom stereocenters. The molecule has 3 aliphatic rings. The fourth-order valence-electron chi connectivity index (χ4n) is 6.87. The van der Waals surface area contributed by atoms with Crippen molar-refractivity contribution in [1.29, 1.82) is 0 Å². The molecule has 2 fully saturated rings. The van der Waals surface area contributed by atoms with Gasteiger partial charge in [-0.1, -0.05) is 66.7 Å². The Bertz CT molecular complexity index is 1230. The number of nitrogens with zero attached hydrogens (tertiary/aromatic N) is 2. The molecule has 0 spiro atoms. The minimum atomic E-state index is -0.948. The molecule has 1 amide bonds. The average Bonchev–Trinajstić information content (AvgIpc) is 3.20. The predicted molar refractivity (Wildman–Crippen MR) is 142 cm³/mol. The number of carbonyl (C=O) groups excluding carboxylic acids is 1. The van der Waals surface area contributed by atoms with Crippen molar-refractivity contribution in [2.45, 2.75) is 55.7 Å². The molecule has 186 valence electrons. The summed E-state index contributed by atoms with van der Waals surface area (Å²) in [4.78, 5) is 17.5. The van der Waals surface area contributed by atoms with Crippen LogP contribution in [0.2, 0.25) is 0 Å². The molecule has 3 aromatic carbocycles. The molecule has 6 rings (SSSR count). The summed E-state index contributed by atoms with van der Waals surface area (Å²) in [7, 11) is 4.02. The number of amides is 1. The molecule has 2 bridgehead atoms. The zero-order valence-electron chi connectivity index (χ0n) is 21.1. The fraction of sp³-hybridized carbons (Fsp3) is 0.387. The summed E-state index contributed by atoms with van der Waals surface area (Å²) in [6.07, 6.45) is 3.71. The van der Waals surface area contributed by atoms with Crippen molar-refractivity contribution >= 4 is 11.8 Å². The van der Waals surface area contributed by atoms with Gasteiger partial charge in [0.2, 0.25) is 0 Å². The second-order valence-electron chi connectivity index (χ2n) is 10.8. The van der Waals surface area contributed by atoms with E-state index in [1.807, 2.05) is 37.2 Å². The SMILES string of the molecule is CN(C)c1ccccc1C1(O)CC2CCCC(C1)N2C(=O)OCC1c2ccccc2-c2ccccc21. The molecule has 0 saturated carbocycles. The van der Waals surface area contributed by atoms with Gasteiger partial charge in [0, 0.05) is 56.2 Å². The van der Waals surface area contributed by atoms with Crippen LogP contribution >= 0.6 is 0 Å². The lowest BCUT2D eigenvalue weighted by Gasteiger charge is -2.51. The lowest BCUT2D eigenvalue weighted by atomic mass is 9.72. The molecule has 1 aliphatic carbocycles. The van der Waals surface area contributed by atoms with Gasteiger partial charge >= 0.3 is 6.09 Å². The van der Waals surface area contributed by atoms with Crippen molar-refractivity contribution < 1.29 is 14.6 Å². The van der Waals surface area contributed by atoms with Gasteiger partial charge in [-0.3, -0.25) is 0 Å². The lowest BCUT2D eigenvalue weighted by Crippen LogP contribution is -2.59. The average molecular weight is 483 g/mol. The van der Waals surface area contributed by atoms with Gasteiger partial charge in [0.15, 0.2) is 0 Å². The van der Waals surface area contributed by atoms with Crippen LogP contribution in [-0.2, 0) is 10.3 Å². The van der Waals surface area contributed by atoms with Gasteiger partial charge in [0.05, 0.1) is 5.60 Å². The van der Waals surface area contributed by atoms with E-state index in [9.17, 15) is 9.90 Å². The van der Waals surface area contributed by atoms with Crippen LogP contribution in [0.25, 0.3) is 11.1 Å². The summed E-state index contributed by atoms with van der Waals surface area (Å²) >= 11 is 0. The van der Waals surface area contributed by atoms with Gasteiger partial charge in [-0.15, -0.1) is 0 Å². The Kier molecular flexibility index (Phi) is 5.76. The van der Waals surface area contributed by atoms with E-state index < -0.39 is 5.60 Å². The summed E-state index contributed by atoms with van der Waals surface area (Å²) in [5.41, 5.74) is 5.95. The molecule has 0 radical (unpaired) electrons. The van der Waals surface area contributed by atoms with Gasteiger partial charge in [-0.2, -0.15) is 0 Å². The highest BCUT2D eigenvalue weighted by Crippen LogP contribution is 2.48. The second-order valence-corrected chi connectivity index (χ2v) is 10.8. The van der Waals surface area contributed by atoms with E-state index in [4.69, 9.17) is 4.74 Å². The van der Waals surface area contributed by atoms with Crippen LogP contribution in [0.4, 0.5) is 10.5 Å². The topological polar surface area (TPSA) is 53.0 Å². The fourth-order valence-corrected chi connectivity index (χ4v) is 6.87. The molecular formula is C31H34N2O3. The molecule has 0 aromatic heterocycles. The monoisotopic (exact) mass is 482 g/mol. The molecule has 5 heteroatoms. The highest BCUT2D eigenvalue weighted by molar-refractivity contribution is 5.79. The number of anilines is 1. The summed E-state index contributed by atoms with van der Waals surface area (Å²) < 4.78 is 6.05. The number of benzene rings is 3. The minimum Gasteiger partial charge on any atom is -0.448 e. The number of carbonyl (C=O) groups is 1. The second kappa shape index (κ2) is 8.97. The molecule has 2 atom stereocenters. The molecule has 5 nitrogen and oxygen atoms in total. The Morgan fingerprint density at radius 2 is 1.47 bits per heavy atom. The first kappa shape index (κ1) is 23.1. The first-order valence-corrected chi connectivity index (χ1v) is 13.1. The Hall–Kier alpha value is -3.31. The standard InChI is InChI=1S/C31H34N2O3/c1-32(2)29-17-8-7-16-28(29)31(35)18-21-10-9-11-22(19-31)33(21)30(34)36-20-27-25-14-5-3-12-23(25)24-13-4-6-15-26(24)27/h3-8,12-17,21-22,27,35H,9-11,18-20H2,1-2H3. The highest BCUT2D eigenvalue weighted by Gasteiger charge is 2.49. The van der Waals surface area contributed by atoms with Crippen molar-refractivity contribution in [3.05, 3.63) is 89.5 Å². The molecule has 1 N–H and O–H groups in total. The quantitative estimate of drug-likeness (QED) is 0.503. The molecule has 2 heterocycles. The Morgan fingerprint density at radius 1 is 0.917 bits per heavy atom. The Labute approximate surface area is 213 Å². The van der Waals surface area contributed by atoms with Crippen LogP contribution < -0.4 is 4.90 Å². The molecule has 2 aliphatic heterocycles. The number of aliphatic hydroxyl groups is 1. The number of piperidine rings is 2. The van der Waals surface area contributed by atoms with Crippen LogP contribution in [-0.4, -0.2) is 48.9 Å². The molecule has 3 aromatic rings. The Balaban J connectivity index is 1.22. The largest absolute Gasteiger partial charge is 0.448 e. The maximum absolute atomic E-state index is 13.5. The van der Waals surface area contributed by atoms with Gasteiger partial charge < -0.3 is 19.6 Å². The van der Waals surface area contributed by atoms with Crippen LogP contribution in [0.3, 0.4) is 0 Å². The zero-order valence-corrected chi connectivity index (χ0v) is 21.1. The summed E-state index contributed by atoms with van der Waals surface area (Å²) in [5, 5.41) is 11.9. The van der Waals surface area contributed by atoms with Gasteiger partial charge in [0.25, 0.3) is 0 Å². The van der Waals surface area contributed by atoms with E-state index in [2.05, 4.69) is 59.5 Å². The van der Waals surface area contributed by atoms with Gasteiger partial charge in [-0.25, -0.2) is 4.79 Å². The van der Waals surface area contributed by atoms with Crippen LogP contribution in [0.15, 0.2) is 72.8 Å². The van der Waals surface area contributed by atoms with Gasteiger partial charge in [-0.05, 0) is 47.6 Å². The molecule has 2 saturated heterocycles. The Morgan fingerprint density at radius 3 is 2.08 bits per heavy atom. The lowest BCUT2D eigenvalue weighted by molar-refractivity contribution is -0.0888. The number of ether oxygens (including phenoxy) is 1. The summed E-state index contributed by atoms with van der Waals surface area (Å²) in [6.45, 7) is 0.330. The van der Waals surface area contributed by atoms with Crippen molar-refractivity contribution in [1.82, 2.24) is 4.90 Å². The highest BCUT2D eigenvalue weighted by atomic mass is 16.6. The first-order chi connectivity index (χ1) is 17.5. The maximum atomic E-state index is 13.5. The van der Waals surface area contributed by atoms with Gasteiger partial charge in [0.1, 0.15) is 6.61 Å². The van der Waals surface area contributed by atoms with Crippen LogP contribution in [0, 0.1) is 0 Å². The maximum Gasteiger partial charge on any atom is 0.410 e. The van der Waals surface area contributed by atoms with Crippen molar-refractivity contribution in [2.24, 2.45) is 0 Å². The van der Waals surface area contributed by atoms with E-state index in [1.54, 1.807) is 0 Å². The first-order valence-electron chi connectivity index (χ1n) is 13.1. The van der Waals surface area contributed by atoms with E-state index in [0.29, 0.717) is 19.4 Å². The normalized spacial score (nSPS) is 24.7. The van der Waals surface area contributed by atoms with Crippen LogP contribution in [0.5, 0.6) is 0 Å². The third kappa shape index (κ3) is 3.77. The summed E-state index contributed by atoms with van der Waals surface area (Å²) in [5.74, 6) is 0.0508. The molecular weight excluding hydrogens is 448 g/mol. The number of hydrogen-bond acceptors (Lipinski definition) is 4. The van der Waals surface area contributed by atoms with E-state index in [1.165, 1.54) is 22.3 Å². The van der Waals surface area contributed by atoms with Crippen LogP contribution in [0.1, 0.15) is 54.7 Å². The number of hydrogen-bond donors (Lipinski definition) is 1. The number of rotatable bonds is 4. The third-order valence-corrected chi connectivity index (χ3v) is 8.44. The van der Waals surface area contributed by atoms with E-state index in [0.717, 1.165) is 30.5 Å². The predicted octanol–water partition coefficient (Wildman–Crippen LogP) is 5.91. The zero-order chi connectivity index (χ0) is 24.9. The van der Waals surface area contributed by atoms with E-state index in [-0.39, 0.29) is 24.1 Å². The minimum absolute atomic E-state index is 0.0200. The number of fused-ring (bicyclic) bond motifs is 5. The van der Waals surface area contributed by atoms with Crippen molar-refractivity contribution in [2.75, 3.05) is 25.6 Å². The number of para-hydroxylation sites is 1. The molecule has 36 heavy (non-hydrogen) atoms. The smallest absolute Gasteiger partial charge is 0.410 e. The van der Waals surface area contributed by atoms with Crippen molar-refractivity contribution in [3.8, 4) is 11.1 Å². The summed E-state index contributed by atoms with van der Waals surface area (Å²) in [6, 6.07) is 24.9.